The molecule has 0 aliphatic carbocycles. The fraction of sp³-hybridized carbons (Fsp3) is 0.462. The number of imidazole rings is 2. The number of rotatable bonds is 5. The number of nitrogens with one attached hydrogen (secondary N) is 1. The summed E-state index contributed by atoms with van der Waals surface area (Å²) in [6.07, 6.45) is 6.35. The van der Waals surface area contributed by atoms with Gasteiger partial charge in [-0.25, -0.2) is 29.9 Å². The van der Waals surface area contributed by atoms with Gasteiger partial charge in [-0.2, -0.15) is 0 Å². The highest BCUT2D eigenvalue weighted by atomic mass is 35.5. The van der Waals surface area contributed by atoms with Crippen LogP contribution in [0.5, 0.6) is 0 Å². The summed E-state index contributed by atoms with van der Waals surface area (Å²) in [4.78, 5) is 27.6. The van der Waals surface area contributed by atoms with Gasteiger partial charge in [0.1, 0.15) is 6.33 Å². The second-order valence-corrected chi connectivity index (χ2v) is 9.48. The molecule has 0 aromatic carbocycles. The summed E-state index contributed by atoms with van der Waals surface area (Å²) in [6.45, 7) is 16.4. The Hall–Kier alpha value is -3.21. The van der Waals surface area contributed by atoms with Crippen LogP contribution in [0.15, 0.2) is 25.0 Å². The van der Waals surface area contributed by atoms with Crippen LogP contribution >= 0.6 is 11.6 Å². The lowest BCUT2D eigenvalue weighted by molar-refractivity contribution is 0.274. The fourth-order valence-electron chi connectivity index (χ4n) is 4.16. The van der Waals surface area contributed by atoms with Crippen LogP contribution in [0.25, 0.3) is 5.95 Å². The minimum Gasteiger partial charge on any atom is -0.390 e. The van der Waals surface area contributed by atoms with Crippen molar-refractivity contribution in [3.05, 3.63) is 75.6 Å². The maximum Gasteiger partial charge on any atom is 0.235 e. The lowest BCUT2D eigenvalue weighted by atomic mass is 10.0. The van der Waals surface area contributed by atoms with Crippen molar-refractivity contribution >= 4 is 11.6 Å². The summed E-state index contributed by atoms with van der Waals surface area (Å²) in [6, 6.07) is 0. The molecule has 0 atom stereocenters. The molecule has 10 nitrogen and oxygen atoms in total. The van der Waals surface area contributed by atoms with Crippen molar-refractivity contribution in [1.82, 2.24) is 39.5 Å². The summed E-state index contributed by atoms with van der Waals surface area (Å²) in [5.41, 5.74) is 7.76. The van der Waals surface area contributed by atoms with E-state index in [0.717, 1.165) is 28.5 Å². The Labute approximate surface area is 223 Å². The Balaban J connectivity index is 0.000000217. The number of aromatic nitrogens is 8. The highest BCUT2D eigenvalue weighted by Crippen LogP contribution is 2.22. The standard InChI is InChI=1S/C13H18N4O.C9H13ClN2.C4H6N2O/c1-8(2)12-9(3)15-13(16-10(12)4)17-7-14-5-11(17)6-18;1-5(2)8-6(3)11-9(10)12-7(8)4;7-2-4-1-5-3-6-4/h5,7-8,18H,6H2,1-4H3;5H,1-4H3;1,3,7H,2H2,(H,5,6). The maximum absolute atomic E-state index is 9.23. The quantitative estimate of drug-likeness (QED) is 0.318. The van der Waals surface area contributed by atoms with E-state index in [2.05, 4.69) is 62.6 Å². The zero-order valence-corrected chi connectivity index (χ0v) is 23.5. The first-order valence-electron chi connectivity index (χ1n) is 12.1. The number of aliphatic hydroxyl groups is 2. The number of halogens is 1. The summed E-state index contributed by atoms with van der Waals surface area (Å²) in [5.74, 6) is 1.43. The van der Waals surface area contributed by atoms with E-state index in [-0.39, 0.29) is 13.2 Å². The molecule has 4 aromatic heterocycles. The normalized spacial score (nSPS) is 10.7. The van der Waals surface area contributed by atoms with Crippen molar-refractivity contribution in [2.75, 3.05) is 0 Å². The molecule has 0 saturated heterocycles. The number of hydrogen-bond donors (Lipinski definition) is 3. The lowest BCUT2D eigenvalue weighted by Crippen LogP contribution is -2.10. The van der Waals surface area contributed by atoms with Gasteiger partial charge in [0.2, 0.25) is 11.2 Å². The molecule has 0 radical (unpaired) electrons. The monoisotopic (exact) mass is 528 g/mol. The molecule has 200 valence electrons. The summed E-state index contributed by atoms with van der Waals surface area (Å²) in [7, 11) is 0. The van der Waals surface area contributed by atoms with Crippen molar-refractivity contribution in [3.8, 4) is 5.95 Å². The first kappa shape index (κ1) is 30.0. The zero-order chi connectivity index (χ0) is 27.7. The predicted octanol–water partition coefficient (Wildman–Crippen LogP) is 4.67. The first-order valence-corrected chi connectivity index (χ1v) is 12.4. The fourth-order valence-corrected chi connectivity index (χ4v) is 4.41. The molecule has 4 aromatic rings. The Morgan fingerprint density at radius 1 is 0.784 bits per heavy atom. The third-order valence-corrected chi connectivity index (χ3v) is 5.76. The number of H-pyrrole nitrogens is 1. The first-order chi connectivity index (χ1) is 17.5. The second kappa shape index (κ2) is 13.9. The summed E-state index contributed by atoms with van der Waals surface area (Å²) in [5, 5.41) is 17.9. The third kappa shape index (κ3) is 8.14. The van der Waals surface area contributed by atoms with E-state index in [1.807, 2.05) is 27.7 Å². The van der Waals surface area contributed by atoms with Gasteiger partial charge in [-0.1, -0.05) is 27.7 Å². The second-order valence-electron chi connectivity index (χ2n) is 9.14. The molecule has 11 heteroatoms. The van der Waals surface area contributed by atoms with Gasteiger partial charge in [0.25, 0.3) is 0 Å². The van der Waals surface area contributed by atoms with E-state index in [9.17, 15) is 5.11 Å². The topological polar surface area (TPSA) is 139 Å². The summed E-state index contributed by atoms with van der Waals surface area (Å²) < 4.78 is 1.71. The Kier molecular flexibility index (Phi) is 11.3. The van der Waals surface area contributed by atoms with Gasteiger partial charge in [-0.05, 0) is 62.3 Å². The minimum atomic E-state index is -0.0760. The molecule has 0 unspecified atom stereocenters. The van der Waals surface area contributed by atoms with Crippen LogP contribution in [0.3, 0.4) is 0 Å². The van der Waals surface area contributed by atoms with E-state index >= 15 is 0 Å². The Bertz CT molecular complexity index is 1220. The van der Waals surface area contributed by atoms with E-state index in [1.165, 1.54) is 17.5 Å². The van der Waals surface area contributed by atoms with Crippen LogP contribution in [-0.2, 0) is 13.2 Å². The zero-order valence-electron chi connectivity index (χ0n) is 22.8. The van der Waals surface area contributed by atoms with Gasteiger partial charge in [0.15, 0.2) is 0 Å². The van der Waals surface area contributed by atoms with E-state index < -0.39 is 0 Å². The molecule has 0 spiro atoms. The molecule has 0 aliphatic rings. The molecule has 0 fully saturated rings. The number of nitrogens with zero attached hydrogens (tertiary/aromatic N) is 7. The van der Waals surface area contributed by atoms with Crippen LogP contribution in [0.1, 0.15) is 84.8 Å². The molecular weight excluding hydrogens is 492 g/mol. The lowest BCUT2D eigenvalue weighted by Gasteiger charge is -2.14. The maximum atomic E-state index is 9.23. The Morgan fingerprint density at radius 3 is 1.68 bits per heavy atom. The predicted molar refractivity (Wildman–Crippen MR) is 144 cm³/mol. The van der Waals surface area contributed by atoms with Gasteiger partial charge >= 0.3 is 0 Å². The average molecular weight is 529 g/mol. The van der Waals surface area contributed by atoms with Crippen LogP contribution < -0.4 is 0 Å². The van der Waals surface area contributed by atoms with E-state index in [0.29, 0.717) is 28.8 Å². The number of aryl methyl sites for hydroxylation is 4. The van der Waals surface area contributed by atoms with Gasteiger partial charge in [-0.3, -0.25) is 4.57 Å². The largest absolute Gasteiger partial charge is 0.390 e. The SMILES string of the molecule is Cc1nc(-n2cncc2CO)nc(C)c1C(C)C.Cc1nc(Cl)nc(C)c1C(C)C.OCc1cnc[nH]1. The van der Waals surface area contributed by atoms with Gasteiger partial charge in [0, 0.05) is 22.8 Å². The van der Waals surface area contributed by atoms with Crippen molar-refractivity contribution in [1.29, 1.82) is 0 Å². The molecule has 0 saturated carbocycles. The molecule has 0 aliphatic heterocycles. The van der Waals surface area contributed by atoms with Gasteiger partial charge in [0.05, 0.1) is 43.3 Å². The number of aromatic amines is 1. The van der Waals surface area contributed by atoms with Crippen LogP contribution in [0.2, 0.25) is 5.28 Å². The van der Waals surface area contributed by atoms with Gasteiger partial charge < -0.3 is 15.2 Å². The van der Waals surface area contributed by atoms with Crippen molar-refractivity contribution in [2.45, 2.75) is 80.4 Å². The smallest absolute Gasteiger partial charge is 0.235 e. The van der Waals surface area contributed by atoms with E-state index in [1.54, 1.807) is 23.3 Å². The third-order valence-electron chi connectivity index (χ3n) is 5.59. The molecule has 0 bridgehead atoms. The van der Waals surface area contributed by atoms with Crippen LogP contribution in [0, 0.1) is 27.7 Å². The van der Waals surface area contributed by atoms with Crippen molar-refractivity contribution in [2.24, 2.45) is 0 Å². The van der Waals surface area contributed by atoms with Crippen LogP contribution in [0.4, 0.5) is 0 Å². The average Bonchev–Trinajstić information content (AvgIpc) is 3.50. The molecule has 3 N–H and O–H groups in total. The van der Waals surface area contributed by atoms with Gasteiger partial charge in [-0.15, -0.1) is 0 Å². The molecule has 4 rings (SSSR count). The Morgan fingerprint density at radius 2 is 1.30 bits per heavy atom. The number of aliphatic hydroxyl groups excluding tert-OH is 2. The minimum absolute atomic E-state index is 0.0417. The molecule has 37 heavy (non-hydrogen) atoms. The summed E-state index contributed by atoms with van der Waals surface area (Å²) >= 11 is 5.70. The van der Waals surface area contributed by atoms with E-state index in [4.69, 9.17) is 16.7 Å². The molecule has 0 amide bonds. The highest BCUT2D eigenvalue weighted by Gasteiger charge is 2.14. The van der Waals surface area contributed by atoms with Crippen molar-refractivity contribution in [3.63, 3.8) is 0 Å². The van der Waals surface area contributed by atoms with Crippen LogP contribution in [-0.4, -0.2) is 49.7 Å². The van der Waals surface area contributed by atoms with Crippen molar-refractivity contribution < 1.29 is 10.2 Å². The molecular formula is C26H37ClN8O2. The highest BCUT2D eigenvalue weighted by molar-refractivity contribution is 6.28. The number of hydrogen-bond acceptors (Lipinski definition) is 8. The molecule has 4 heterocycles.